The highest BCUT2D eigenvalue weighted by Gasteiger charge is 2.25. The maximum atomic E-state index is 5.43. The summed E-state index contributed by atoms with van der Waals surface area (Å²) >= 11 is 1.87. The molecule has 0 radical (unpaired) electrons. The molecule has 0 aliphatic carbocycles. The van der Waals surface area contributed by atoms with Crippen molar-refractivity contribution in [3.8, 4) is 44.9 Å². The quantitative estimate of drug-likeness (QED) is 0.178. The standard InChI is InChI=1S/C55H33N3S/c1-3-14-34(15-4-1)43-32-53(56-46-23-10-7-18-38(43)46)58-49-29-27-36(35-26-28-48-44(30-35)39-19-8-11-24-47(39)57(48)37-16-5-2-6-17-37)31-45(49)54-42-22-13-21-41-40-20-9-12-25-51(40)59-52(55(41)42)33-50(54)58/h1-33H. The van der Waals surface area contributed by atoms with Gasteiger partial charge in [0.25, 0.3) is 0 Å². The van der Waals surface area contributed by atoms with Crippen molar-refractivity contribution >= 4 is 77.0 Å². The third-order valence-electron chi connectivity index (χ3n) is 12.3. The molecule has 0 saturated carbocycles. The van der Waals surface area contributed by atoms with Crippen LogP contribution in [0.25, 0.3) is 110 Å². The van der Waals surface area contributed by atoms with E-state index in [1.807, 2.05) is 11.8 Å². The van der Waals surface area contributed by atoms with Gasteiger partial charge in [-0.15, -0.1) is 0 Å². The Labute approximate surface area is 344 Å². The monoisotopic (exact) mass is 767 g/mol. The molecule has 1 aliphatic rings. The van der Waals surface area contributed by atoms with Gasteiger partial charge in [-0.25, -0.2) is 4.98 Å². The van der Waals surface area contributed by atoms with E-state index in [0.29, 0.717) is 0 Å². The van der Waals surface area contributed by atoms with Gasteiger partial charge < -0.3 is 4.57 Å². The fourth-order valence-corrected chi connectivity index (χ4v) is 10.9. The largest absolute Gasteiger partial charge is 0.309 e. The van der Waals surface area contributed by atoms with Crippen molar-refractivity contribution in [1.29, 1.82) is 0 Å². The van der Waals surface area contributed by atoms with Crippen LogP contribution in [0, 0.1) is 0 Å². The van der Waals surface area contributed by atoms with E-state index in [-0.39, 0.29) is 0 Å². The topological polar surface area (TPSA) is 22.8 Å². The molecule has 0 spiro atoms. The molecule has 12 aromatic rings. The molecule has 0 fully saturated rings. The summed E-state index contributed by atoms with van der Waals surface area (Å²) in [5.41, 5.74) is 14.2. The van der Waals surface area contributed by atoms with Crippen molar-refractivity contribution in [2.45, 2.75) is 9.79 Å². The lowest BCUT2D eigenvalue weighted by atomic mass is 9.94. The Kier molecular flexibility index (Phi) is 6.95. The predicted molar refractivity (Wildman–Crippen MR) is 248 cm³/mol. The maximum absolute atomic E-state index is 5.43. The van der Waals surface area contributed by atoms with E-state index in [1.165, 1.54) is 86.5 Å². The molecular weight excluding hydrogens is 735 g/mol. The molecule has 9 aromatic carbocycles. The summed E-state index contributed by atoms with van der Waals surface area (Å²) in [5, 5.41) is 8.69. The van der Waals surface area contributed by atoms with Crippen LogP contribution in [-0.2, 0) is 0 Å². The van der Waals surface area contributed by atoms with Gasteiger partial charge in [0.2, 0.25) is 0 Å². The van der Waals surface area contributed by atoms with Gasteiger partial charge in [0.05, 0.1) is 27.6 Å². The molecular formula is C55H33N3S. The number of benzene rings is 9. The van der Waals surface area contributed by atoms with Crippen LogP contribution in [0.4, 0.5) is 0 Å². The summed E-state index contributed by atoms with van der Waals surface area (Å²) in [7, 11) is 0. The Morgan fingerprint density at radius 3 is 1.83 bits per heavy atom. The molecule has 1 aliphatic heterocycles. The zero-order valence-corrected chi connectivity index (χ0v) is 32.6. The number of aromatic nitrogens is 3. The van der Waals surface area contributed by atoms with Gasteiger partial charge in [0.1, 0.15) is 5.82 Å². The molecule has 0 unspecified atom stereocenters. The van der Waals surface area contributed by atoms with Gasteiger partial charge in [-0.05, 0) is 105 Å². The van der Waals surface area contributed by atoms with Crippen molar-refractivity contribution in [2.75, 3.05) is 0 Å². The third-order valence-corrected chi connectivity index (χ3v) is 13.4. The Morgan fingerprint density at radius 1 is 0.339 bits per heavy atom. The van der Waals surface area contributed by atoms with Crippen LogP contribution < -0.4 is 0 Å². The lowest BCUT2D eigenvalue weighted by molar-refractivity contribution is 1.10. The van der Waals surface area contributed by atoms with E-state index < -0.39 is 0 Å². The van der Waals surface area contributed by atoms with E-state index in [2.05, 4.69) is 209 Å². The van der Waals surface area contributed by atoms with Gasteiger partial charge in [0, 0.05) is 47.8 Å². The summed E-state index contributed by atoms with van der Waals surface area (Å²) in [5.74, 6) is 0.911. The van der Waals surface area contributed by atoms with Crippen molar-refractivity contribution < 1.29 is 0 Å². The molecule has 4 heteroatoms. The van der Waals surface area contributed by atoms with Gasteiger partial charge in [-0.2, -0.15) is 0 Å². The first-order chi connectivity index (χ1) is 29.3. The van der Waals surface area contributed by atoms with Crippen LogP contribution in [0.3, 0.4) is 0 Å². The second-order valence-corrected chi connectivity index (χ2v) is 16.6. The van der Waals surface area contributed by atoms with Crippen molar-refractivity contribution in [3.05, 3.63) is 200 Å². The number of hydrogen-bond donors (Lipinski definition) is 0. The number of fused-ring (bicyclic) bond motifs is 10. The number of pyridine rings is 1. The van der Waals surface area contributed by atoms with Crippen LogP contribution in [0.1, 0.15) is 0 Å². The number of rotatable bonds is 4. The Bertz CT molecular complexity index is 3690. The molecule has 4 heterocycles. The van der Waals surface area contributed by atoms with Crippen molar-refractivity contribution in [2.24, 2.45) is 0 Å². The highest BCUT2D eigenvalue weighted by Crippen LogP contribution is 2.51. The average molecular weight is 768 g/mol. The van der Waals surface area contributed by atoms with Gasteiger partial charge in [-0.1, -0.05) is 145 Å². The minimum Gasteiger partial charge on any atom is -0.309 e. The average Bonchev–Trinajstić information content (AvgIpc) is 3.81. The zero-order chi connectivity index (χ0) is 38.6. The number of hydrogen-bond acceptors (Lipinski definition) is 2. The van der Waals surface area contributed by atoms with Crippen LogP contribution in [-0.4, -0.2) is 14.1 Å². The van der Waals surface area contributed by atoms with Crippen LogP contribution >= 0.6 is 11.8 Å². The van der Waals surface area contributed by atoms with E-state index in [9.17, 15) is 0 Å². The lowest BCUT2D eigenvalue weighted by Crippen LogP contribution is -2.00. The highest BCUT2D eigenvalue weighted by molar-refractivity contribution is 7.99. The molecule has 274 valence electrons. The third kappa shape index (κ3) is 4.81. The molecule has 13 rings (SSSR count). The smallest absolute Gasteiger partial charge is 0.138 e. The van der Waals surface area contributed by atoms with E-state index in [1.54, 1.807) is 0 Å². The molecule has 0 N–H and O–H groups in total. The normalized spacial score (nSPS) is 12.3. The second-order valence-electron chi connectivity index (χ2n) is 15.5. The van der Waals surface area contributed by atoms with E-state index in [4.69, 9.17) is 4.98 Å². The minimum absolute atomic E-state index is 0.911. The maximum Gasteiger partial charge on any atom is 0.138 e. The highest BCUT2D eigenvalue weighted by atomic mass is 32.2. The first-order valence-electron chi connectivity index (χ1n) is 20.1. The van der Waals surface area contributed by atoms with Gasteiger partial charge in [-0.3, -0.25) is 4.57 Å². The molecule has 0 atom stereocenters. The van der Waals surface area contributed by atoms with Gasteiger partial charge in [0.15, 0.2) is 0 Å². The Balaban J connectivity index is 1.11. The van der Waals surface area contributed by atoms with E-state index in [0.717, 1.165) is 33.4 Å². The van der Waals surface area contributed by atoms with Crippen molar-refractivity contribution in [1.82, 2.24) is 14.1 Å². The van der Waals surface area contributed by atoms with E-state index >= 15 is 0 Å². The summed E-state index contributed by atoms with van der Waals surface area (Å²) in [6.45, 7) is 0. The molecule has 0 saturated heterocycles. The first-order valence-corrected chi connectivity index (χ1v) is 20.9. The number of nitrogens with zero attached hydrogens (tertiary/aromatic N) is 3. The molecule has 59 heavy (non-hydrogen) atoms. The zero-order valence-electron chi connectivity index (χ0n) is 31.8. The fourth-order valence-electron chi connectivity index (χ4n) is 9.72. The fraction of sp³-hybridized carbons (Fsp3) is 0. The lowest BCUT2D eigenvalue weighted by Gasteiger charge is -2.21. The number of para-hydroxylation sites is 3. The Morgan fingerprint density at radius 2 is 0.983 bits per heavy atom. The Hall–Kier alpha value is -7.40. The molecule has 0 amide bonds. The van der Waals surface area contributed by atoms with Crippen molar-refractivity contribution in [3.63, 3.8) is 0 Å². The predicted octanol–water partition coefficient (Wildman–Crippen LogP) is 15.0. The summed E-state index contributed by atoms with van der Waals surface area (Å²) < 4.78 is 4.79. The summed E-state index contributed by atoms with van der Waals surface area (Å²) in [6, 6.07) is 73.1. The minimum atomic E-state index is 0.911. The first kappa shape index (κ1) is 32.7. The second kappa shape index (κ2) is 12.5. The molecule has 3 aromatic heterocycles. The van der Waals surface area contributed by atoms with Crippen LogP contribution in [0.15, 0.2) is 210 Å². The SMILES string of the molecule is c1ccc(-c2cc(-n3c4ccc(-c5ccc6c(c5)c5ccccc5n6-c5ccccc5)cc4c4c5cccc6c5c(cc43)Sc3ccccc3-6)nc3ccccc23)cc1. The van der Waals surface area contributed by atoms with Crippen LogP contribution in [0.5, 0.6) is 0 Å². The van der Waals surface area contributed by atoms with Gasteiger partial charge >= 0.3 is 0 Å². The van der Waals surface area contributed by atoms with Crippen LogP contribution in [0.2, 0.25) is 0 Å². The molecule has 3 nitrogen and oxygen atoms in total. The summed E-state index contributed by atoms with van der Waals surface area (Å²) in [4.78, 5) is 7.99. The molecule has 0 bridgehead atoms. The summed E-state index contributed by atoms with van der Waals surface area (Å²) in [6.07, 6.45) is 0.